The molecule has 0 bridgehead atoms. The Morgan fingerprint density at radius 2 is 0.857 bits per heavy atom. The molecule has 0 spiro atoms. The Morgan fingerprint density at radius 3 is 1.14 bits per heavy atom. The molecule has 0 saturated heterocycles. The van der Waals surface area contributed by atoms with Gasteiger partial charge in [0.1, 0.15) is 10.0 Å². The van der Waals surface area contributed by atoms with Crippen molar-refractivity contribution in [3.63, 3.8) is 0 Å². The number of hydrogen-bond donors (Lipinski definition) is 1. The van der Waals surface area contributed by atoms with E-state index in [4.69, 9.17) is 58.0 Å². The molecule has 1 atom stereocenters. The van der Waals surface area contributed by atoms with Crippen molar-refractivity contribution in [2.45, 2.75) is 0 Å². The molecule has 0 radical (unpaired) electrons. The smallest absolute Gasteiger partial charge is 0.155 e. The van der Waals surface area contributed by atoms with Crippen LogP contribution >= 0.6 is 84.9 Å². The van der Waals surface area contributed by atoms with Crippen LogP contribution in [0.2, 0.25) is 25.1 Å². The minimum Gasteiger partial charge on any atom is -0.505 e. The molecule has 0 aliphatic carbocycles. The highest BCUT2D eigenvalue weighted by molar-refractivity contribution is 8.93. The summed E-state index contributed by atoms with van der Waals surface area (Å²) in [6.07, 6.45) is 0. The molecular weight excluding hydrogens is 376 g/mol. The lowest BCUT2D eigenvalue weighted by Crippen LogP contribution is -1.78. The van der Waals surface area contributed by atoms with Crippen LogP contribution in [0.3, 0.4) is 0 Å². The van der Waals surface area contributed by atoms with Gasteiger partial charge in [-0.15, -0.1) is 17.0 Å². The fraction of sp³-hybridized carbons (Fsp3) is 0. The summed E-state index contributed by atoms with van der Waals surface area (Å²) >= 11 is 27.9. The molecule has 0 aliphatic rings. The van der Waals surface area contributed by atoms with E-state index in [0.29, 0.717) is 0 Å². The summed E-state index contributed by atoms with van der Waals surface area (Å²) in [5.41, 5.74) is 0. The highest BCUT2D eigenvalue weighted by atomic mass is 79.9. The van der Waals surface area contributed by atoms with Crippen molar-refractivity contribution < 1.29 is 5.11 Å². The van der Waals surface area contributed by atoms with E-state index in [1.54, 1.807) is 0 Å². The maximum Gasteiger partial charge on any atom is 0.155 e. The number of hydrogen-bond acceptors (Lipinski definition) is 1. The standard InChI is InChI=1S/C6HCl5O.BrH.H3P/c7-1-2(8)4(10)6(12)5(11)3(1)9;;/h12H;1H;1H3. The highest BCUT2D eigenvalue weighted by Crippen LogP contribution is 2.47. The molecule has 1 rings (SSSR count). The van der Waals surface area contributed by atoms with Crippen LogP contribution in [0.5, 0.6) is 5.75 Å². The highest BCUT2D eigenvalue weighted by Gasteiger charge is 2.17. The van der Waals surface area contributed by atoms with E-state index in [1.165, 1.54) is 0 Å². The fourth-order valence-corrected chi connectivity index (χ4v) is 1.72. The molecule has 1 unspecified atom stereocenters. The normalized spacial score (nSPS) is 8.93. The third-order valence-corrected chi connectivity index (χ3v) is 3.44. The Bertz CT molecular complexity index is 240. The Hall–Kier alpha value is 1.38. The van der Waals surface area contributed by atoms with Gasteiger partial charge in [0.25, 0.3) is 0 Å². The van der Waals surface area contributed by atoms with Crippen molar-refractivity contribution in [1.82, 2.24) is 0 Å². The first kappa shape index (κ1) is 17.8. The first-order chi connectivity index (χ1) is 5.46. The number of phenols is 1. The first-order valence-corrected chi connectivity index (χ1v) is 4.56. The van der Waals surface area contributed by atoms with Crippen molar-refractivity contribution in [3.8, 4) is 5.75 Å². The zero-order valence-electron chi connectivity index (χ0n) is 6.45. The third kappa shape index (κ3) is 3.18. The van der Waals surface area contributed by atoms with E-state index in [-0.39, 0.29) is 57.7 Å². The van der Waals surface area contributed by atoms with Gasteiger partial charge in [0.15, 0.2) is 5.75 Å². The van der Waals surface area contributed by atoms with Crippen molar-refractivity contribution in [2.24, 2.45) is 0 Å². The van der Waals surface area contributed by atoms with Gasteiger partial charge in [0, 0.05) is 0 Å². The van der Waals surface area contributed by atoms with Crippen molar-refractivity contribution in [1.29, 1.82) is 0 Å². The van der Waals surface area contributed by atoms with Crippen LogP contribution in [0.15, 0.2) is 0 Å². The quantitative estimate of drug-likeness (QED) is 0.368. The molecule has 0 amide bonds. The fourth-order valence-electron chi connectivity index (χ4n) is 0.593. The Labute approximate surface area is 120 Å². The second kappa shape index (κ2) is 6.85. The molecule has 1 aromatic carbocycles. The van der Waals surface area contributed by atoms with Gasteiger partial charge in [-0.05, 0) is 0 Å². The molecule has 0 fully saturated rings. The minimum absolute atomic E-state index is 0. The molecule has 8 heteroatoms. The van der Waals surface area contributed by atoms with Gasteiger partial charge in [-0.2, -0.15) is 9.90 Å². The lowest BCUT2D eigenvalue weighted by molar-refractivity contribution is 0.476. The zero-order chi connectivity index (χ0) is 9.46. The summed E-state index contributed by atoms with van der Waals surface area (Å²) in [4.78, 5) is 0. The summed E-state index contributed by atoms with van der Waals surface area (Å²) in [6.45, 7) is 0. The van der Waals surface area contributed by atoms with Gasteiger partial charge in [-0.3, -0.25) is 0 Å². The Balaban J connectivity index is 0. The van der Waals surface area contributed by atoms with Gasteiger partial charge in [-0.25, -0.2) is 0 Å². The monoisotopic (exact) mass is 378 g/mol. The van der Waals surface area contributed by atoms with Gasteiger partial charge in [-0.1, -0.05) is 58.0 Å². The number of halogens is 6. The molecule has 0 saturated carbocycles. The van der Waals surface area contributed by atoms with Gasteiger partial charge >= 0.3 is 0 Å². The molecule has 82 valence electrons. The summed E-state index contributed by atoms with van der Waals surface area (Å²) in [7, 11) is 0. The maximum absolute atomic E-state index is 9.20. The first-order valence-electron chi connectivity index (χ1n) is 2.67. The van der Waals surface area contributed by atoms with Crippen molar-refractivity contribution in [3.05, 3.63) is 25.1 Å². The van der Waals surface area contributed by atoms with Gasteiger partial charge < -0.3 is 5.11 Å². The number of rotatable bonds is 0. The largest absolute Gasteiger partial charge is 0.505 e. The van der Waals surface area contributed by atoms with Gasteiger partial charge in [0.05, 0.1) is 15.1 Å². The SMILES string of the molecule is Br.Oc1c(Cl)c(Cl)c(Cl)c(Cl)c1Cl.P. The average molecular weight is 381 g/mol. The van der Waals surface area contributed by atoms with Crippen LogP contribution in [-0.2, 0) is 0 Å². The summed E-state index contributed by atoms with van der Waals surface area (Å²) < 4.78 is 0. The molecule has 1 N–H and O–H groups in total. The molecule has 0 aromatic heterocycles. The van der Waals surface area contributed by atoms with Crippen LogP contribution in [0, 0.1) is 0 Å². The second-order valence-electron chi connectivity index (χ2n) is 1.92. The van der Waals surface area contributed by atoms with E-state index in [2.05, 4.69) is 0 Å². The predicted octanol–water partition coefficient (Wildman–Crippen LogP) is 5.30. The van der Waals surface area contributed by atoms with Crippen molar-refractivity contribution in [2.75, 3.05) is 0 Å². The van der Waals surface area contributed by atoms with E-state index >= 15 is 0 Å². The average Bonchev–Trinajstić information content (AvgIpc) is 2.08. The molecule has 1 aromatic rings. The molecular formula is C6H5BrCl5OP. The minimum atomic E-state index is -0.363. The van der Waals surface area contributed by atoms with E-state index < -0.39 is 0 Å². The summed E-state index contributed by atoms with van der Waals surface area (Å²) in [5, 5.41) is 9.01. The van der Waals surface area contributed by atoms with Crippen LogP contribution < -0.4 is 0 Å². The van der Waals surface area contributed by atoms with Crippen LogP contribution in [0.1, 0.15) is 0 Å². The summed E-state index contributed by atoms with van der Waals surface area (Å²) in [5.74, 6) is -0.363. The maximum atomic E-state index is 9.20. The number of phenolic OH excluding ortho intramolecular Hbond substituents is 1. The number of aromatic hydroxyl groups is 1. The zero-order valence-corrected chi connectivity index (χ0v) is 13.4. The predicted molar refractivity (Wildman–Crippen MR) is 74.6 cm³/mol. The van der Waals surface area contributed by atoms with E-state index in [9.17, 15) is 5.11 Å². The lowest BCUT2D eigenvalue weighted by atomic mass is 10.3. The van der Waals surface area contributed by atoms with Gasteiger partial charge in [0.2, 0.25) is 0 Å². The van der Waals surface area contributed by atoms with Crippen LogP contribution in [-0.4, -0.2) is 5.11 Å². The summed E-state index contributed by atoms with van der Waals surface area (Å²) in [6, 6.07) is 0. The van der Waals surface area contributed by atoms with Crippen molar-refractivity contribution >= 4 is 84.9 Å². The topological polar surface area (TPSA) is 20.2 Å². The van der Waals surface area contributed by atoms with E-state index in [0.717, 1.165) is 0 Å². The molecule has 0 heterocycles. The van der Waals surface area contributed by atoms with Crippen LogP contribution in [0.4, 0.5) is 0 Å². The Kier molecular flexibility index (Phi) is 8.70. The lowest BCUT2D eigenvalue weighted by Gasteiger charge is -2.06. The number of benzene rings is 1. The molecule has 14 heavy (non-hydrogen) atoms. The van der Waals surface area contributed by atoms with E-state index in [1.807, 2.05) is 0 Å². The second-order valence-corrected chi connectivity index (χ2v) is 3.81. The third-order valence-electron chi connectivity index (χ3n) is 1.19. The molecule has 1 nitrogen and oxygen atoms in total. The van der Waals surface area contributed by atoms with Crippen LogP contribution in [0.25, 0.3) is 0 Å². The Morgan fingerprint density at radius 1 is 0.643 bits per heavy atom. The molecule has 0 aliphatic heterocycles.